The zero-order valence-corrected chi connectivity index (χ0v) is 9.72. The molecule has 2 rings (SSSR count). The van der Waals surface area contributed by atoms with Crippen molar-refractivity contribution in [2.75, 3.05) is 19.7 Å². The molecule has 1 atom stereocenters. The Morgan fingerprint density at radius 3 is 3.06 bits per heavy atom. The molecule has 1 N–H and O–H groups in total. The fraction of sp³-hybridized carbons (Fsp3) is 0.538. The van der Waals surface area contributed by atoms with Gasteiger partial charge in [0.15, 0.2) is 0 Å². The van der Waals surface area contributed by atoms with Crippen LogP contribution >= 0.6 is 0 Å². The number of benzene rings is 1. The third kappa shape index (κ3) is 2.97. The van der Waals surface area contributed by atoms with E-state index >= 15 is 0 Å². The zero-order chi connectivity index (χ0) is 11.4. The molecule has 1 aromatic rings. The van der Waals surface area contributed by atoms with E-state index in [-0.39, 0.29) is 6.10 Å². The van der Waals surface area contributed by atoms with Gasteiger partial charge in [-0.15, -0.1) is 0 Å². The molecular weight excluding hydrogens is 202 g/mol. The van der Waals surface area contributed by atoms with E-state index in [9.17, 15) is 5.11 Å². The molecule has 0 spiro atoms. The lowest BCUT2D eigenvalue weighted by Crippen LogP contribution is -2.28. The maximum absolute atomic E-state index is 9.29. The largest absolute Gasteiger partial charge is 0.492 e. The van der Waals surface area contributed by atoms with Crippen molar-refractivity contribution in [1.82, 2.24) is 4.90 Å². The van der Waals surface area contributed by atoms with E-state index in [2.05, 4.69) is 11.0 Å². The highest BCUT2D eigenvalue weighted by Crippen LogP contribution is 2.22. The van der Waals surface area contributed by atoms with Gasteiger partial charge in [0.05, 0.1) is 6.10 Å². The van der Waals surface area contributed by atoms with Crippen LogP contribution < -0.4 is 4.74 Å². The van der Waals surface area contributed by atoms with E-state index in [4.69, 9.17) is 4.74 Å². The number of aliphatic hydroxyl groups excluding tert-OH is 1. The molecule has 1 unspecified atom stereocenters. The molecule has 1 heterocycles. The van der Waals surface area contributed by atoms with Crippen LogP contribution in [0.2, 0.25) is 0 Å². The summed E-state index contributed by atoms with van der Waals surface area (Å²) in [5, 5.41) is 9.29. The molecule has 3 nitrogen and oxygen atoms in total. The van der Waals surface area contributed by atoms with E-state index in [0.29, 0.717) is 0 Å². The molecule has 0 saturated heterocycles. The van der Waals surface area contributed by atoms with Crippen LogP contribution in [0.25, 0.3) is 0 Å². The van der Waals surface area contributed by atoms with Crippen LogP contribution in [0, 0.1) is 0 Å². The van der Waals surface area contributed by atoms with E-state index in [0.717, 1.165) is 38.4 Å². The van der Waals surface area contributed by atoms with Crippen molar-refractivity contribution >= 4 is 0 Å². The monoisotopic (exact) mass is 221 g/mol. The smallest absolute Gasteiger partial charge is 0.123 e. The van der Waals surface area contributed by atoms with Gasteiger partial charge in [-0.3, -0.25) is 4.90 Å². The van der Waals surface area contributed by atoms with Gasteiger partial charge in [0.25, 0.3) is 0 Å². The molecule has 1 aromatic carbocycles. The molecule has 0 fully saturated rings. The Hall–Kier alpha value is -1.06. The third-order valence-corrected chi connectivity index (χ3v) is 2.89. The Kier molecular flexibility index (Phi) is 3.80. The highest BCUT2D eigenvalue weighted by molar-refractivity contribution is 5.33. The van der Waals surface area contributed by atoms with Crippen molar-refractivity contribution < 1.29 is 9.84 Å². The molecule has 0 radical (unpaired) electrons. The molecule has 0 saturated carbocycles. The molecule has 0 aliphatic carbocycles. The summed E-state index contributed by atoms with van der Waals surface area (Å²) in [4.78, 5) is 2.33. The first-order valence-electron chi connectivity index (χ1n) is 5.87. The van der Waals surface area contributed by atoms with Gasteiger partial charge in [-0.05, 0) is 19.4 Å². The normalized spacial score (nSPS) is 18.4. The second-order valence-electron chi connectivity index (χ2n) is 4.37. The van der Waals surface area contributed by atoms with E-state index in [1.165, 1.54) is 5.56 Å². The molecule has 16 heavy (non-hydrogen) atoms. The lowest BCUT2D eigenvalue weighted by atomic mass is 10.2. The molecule has 88 valence electrons. The Morgan fingerprint density at radius 1 is 1.44 bits per heavy atom. The molecule has 3 heteroatoms. The number of para-hydroxylation sites is 1. The summed E-state index contributed by atoms with van der Waals surface area (Å²) in [6.07, 6.45) is 0.599. The zero-order valence-electron chi connectivity index (χ0n) is 9.72. The average molecular weight is 221 g/mol. The standard InChI is InChI=1S/C13H19NO2/c1-11(15)6-7-14-8-9-16-13-5-3-2-4-12(13)10-14/h2-5,11,15H,6-10H2,1H3. The van der Waals surface area contributed by atoms with Gasteiger partial charge < -0.3 is 9.84 Å². The van der Waals surface area contributed by atoms with Crippen LogP contribution in [0.5, 0.6) is 5.75 Å². The van der Waals surface area contributed by atoms with Crippen LogP contribution in [0.4, 0.5) is 0 Å². The third-order valence-electron chi connectivity index (χ3n) is 2.89. The van der Waals surface area contributed by atoms with Gasteiger partial charge in [-0.25, -0.2) is 0 Å². The van der Waals surface area contributed by atoms with E-state index in [1.807, 2.05) is 25.1 Å². The van der Waals surface area contributed by atoms with Crippen LogP contribution in [0.15, 0.2) is 24.3 Å². The van der Waals surface area contributed by atoms with Crippen molar-refractivity contribution in [3.63, 3.8) is 0 Å². The predicted molar refractivity (Wildman–Crippen MR) is 63.5 cm³/mol. The van der Waals surface area contributed by atoms with Crippen molar-refractivity contribution in [3.05, 3.63) is 29.8 Å². The SMILES string of the molecule is CC(O)CCN1CCOc2ccccc2C1. The summed E-state index contributed by atoms with van der Waals surface area (Å²) in [5.74, 6) is 1.00. The minimum absolute atomic E-state index is 0.223. The highest BCUT2D eigenvalue weighted by Gasteiger charge is 2.14. The fourth-order valence-electron chi connectivity index (χ4n) is 1.94. The van der Waals surface area contributed by atoms with Crippen LogP contribution in [0.1, 0.15) is 18.9 Å². The second-order valence-corrected chi connectivity index (χ2v) is 4.37. The lowest BCUT2D eigenvalue weighted by molar-refractivity contribution is 0.148. The van der Waals surface area contributed by atoms with Gasteiger partial charge in [0.1, 0.15) is 12.4 Å². The molecular formula is C13H19NO2. The first-order valence-corrected chi connectivity index (χ1v) is 5.87. The molecule has 1 aliphatic heterocycles. The minimum Gasteiger partial charge on any atom is -0.492 e. The van der Waals surface area contributed by atoms with Crippen molar-refractivity contribution in [3.8, 4) is 5.75 Å². The Morgan fingerprint density at radius 2 is 2.25 bits per heavy atom. The molecule has 0 bridgehead atoms. The summed E-state index contributed by atoms with van der Waals surface area (Å²) in [5.41, 5.74) is 1.24. The van der Waals surface area contributed by atoms with Gasteiger partial charge in [-0.1, -0.05) is 18.2 Å². The van der Waals surface area contributed by atoms with E-state index in [1.54, 1.807) is 0 Å². The molecule has 1 aliphatic rings. The molecule has 0 aromatic heterocycles. The van der Waals surface area contributed by atoms with Crippen molar-refractivity contribution in [2.45, 2.75) is 26.0 Å². The topological polar surface area (TPSA) is 32.7 Å². The fourth-order valence-corrected chi connectivity index (χ4v) is 1.94. The van der Waals surface area contributed by atoms with Gasteiger partial charge in [0.2, 0.25) is 0 Å². The summed E-state index contributed by atoms with van der Waals surface area (Å²) in [7, 11) is 0. The van der Waals surface area contributed by atoms with E-state index < -0.39 is 0 Å². The van der Waals surface area contributed by atoms with Gasteiger partial charge in [0, 0.05) is 25.2 Å². The summed E-state index contributed by atoms with van der Waals surface area (Å²) in [6.45, 7) is 5.35. The summed E-state index contributed by atoms with van der Waals surface area (Å²) >= 11 is 0. The number of ether oxygens (including phenoxy) is 1. The average Bonchev–Trinajstić information content (AvgIpc) is 2.47. The number of hydrogen-bond donors (Lipinski definition) is 1. The maximum Gasteiger partial charge on any atom is 0.123 e. The number of fused-ring (bicyclic) bond motifs is 1. The van der Waals surface area contributed by atoms with Crippen LogP contribution in [0.3, 0.4) is 0 Å². The summed E-state index contributed by atoms with van der Waals surface area (Å²) < 4.78 is 5.68. The highest BCUT2D eigenvalue weighted by atomic mass is 16.5. The summed E-state index contributed by atoms with van der Waals surface area (Å²) in [6, 6.07) is 8.17. The first kappa shape index (κ1) is 11.4. The maximum atomic E-state index is 9.29. The number of hydrogen-bond acceptors (Lipinski definition) is 3. The van der Waals surface area contributed by atoms with Gasteiger partial charge >= 0.3 is 0 Å². The quantitative estimate of drug-likeness (QED) is 0.842. The van der Waals surface area contributed by atoms with Crippen LogP contribution in [-0.4, -0.2) is 35.8 Å². The van der Waals surface area contributed by atoms with Crippen molar-refractivity contribution in [1.29, 1.82) is 0 Å². The Labute approximate surface area is 96.6 Å². The lowest BCUT2D eigenvalue weighted by Gasteiger charge is -2.19. The number of nitrogens with zero attached hydrogens (tertiary/aromatic N) is 1. The Bertz CT molecular complexity index is 338. The Balaban J connectivity index is 1.99. The van der Waals surface area contributed by atoms with Crippen molar-refractivity contribution in [2.24, 2.45) is 0 Å². The number of rotatable bonds is 3. The second kappa shape index (κ2) is 5.32. The number of aliphatic hydroxyl groups is 1. The molecule has 0 amide bonds. The van der Waals surface area contributed by atoms with Crippen LogP contribution in [-0.2, 0) is 6.54 Å². The van der Waals surface area contributed by atoms with Gasteiger partial charge in [-0.2, -0.15) is 0 Å². The minimum atomic E-state index is -0.223. The first-order chi connectivity index (χ1) is 7.75. The predicted octanol–water partition coefficient (Wildman–Crippen LogP) is 1.65.